The number of nitro groups is 6. The first-order valence-electron chi connectivity index (χ1n) is 20.6. The van der Waals surface area contributed by atoms with Gasteiger partial charge in [-0.25, -0.2) is 0 Å². The van der Waals surface area contributed by atoms with Gasteiger partial charge in [0.05, 0.1) is 65.3 Å². The number of fused-ring (bicyclic) bond motifs is 2. The van der Waals surface area contributed by atoms with Crippen LogP contribution < -0.4 is 19.7 Å². The Morgan fingerprint density at radius 2 is 0.732 bits per heavy atom. The molecule has 0 atom stereocenters. The van der Waals surface area contributed by atoms with Gasteiger partial charge in [-0.2, -0.15) is 0 Å². The number of rotatable bonds is 17. The molecule has 371 valence electrons. The van der Waals surface area contributed by atoms with Gasteiger partial charge in [-0.1, -0.05) is 60.7 Å². The van der Waals surface area contributed by atoms with Gasteiger partial charge < -0.3 is 29.5 Å². The standard InChI is InChI=1S/C32H36N2O4.2C6H3N3O7.Mn/c1-5-33(6-2)29(35)21-37-27-19-17-23-13-9-11-15-25(23)31(27)32-26-16-12-10-14-24(26)18-20-28(32)38-22-30(36)34(7-3)8-4;2*10-6-4(8(13)14)1-3(7(11)12)2-5(6)9(15)16;/h9-20H,5-8,21-22H2,1-4H3;2*1-2,10H;/q;;;+2/p-2. The summed E-state index contributed by atoms with van der Waals surface area (Å²) in [4.78, 5) is 84.1. The van der Waals surface area contributed by atoms with Crippen molar-refractivity contribution in [3.63, 3.8) is 0 Å². The van der Waals surface area contributed by atoms with Crippen molar-refractivity contribution in [2.75, 3.05) is 39.4 Å². The summed E-state index contributed by atoms with van der Waals surface area (Å²) in [6.07, 6.45) is 0. The molecule has 0 aliphatic rings. The molecule has 0 aliphatic heterocycles. The molecule has 27 heteroatoms. The third-order valence-electron chi connectivity index (χ3n) is 10.2. The fourth-order valence-corrected chi connectivity index (χ4v) is 6.80. The Labute approximate surface area is 411 Å². The maximum Gasteiger partial charge on any atom is 2.00 e. The molecule has 6 rings (SSSR count). The maximum absolute atomic E-state index is 12.8. The van der Waals surface area contributed by atoms with Gasteiger partial charge in [0.1, 0.15) is 11.5 Å². The van der Waals surface area contributed by atoms with Gasteiger partial charge in [0, 0.05) is 37.3 Å². The van der Waals surface area contributed by atoms with Gasteiger partial charge in [-0.05, 0) is 61.4 Å². The van der Waals surface area contributed by atoms with Gasteiger partial charge in [-0.3, -0.25) is 70.3 Å². The number of likely N-dealkylation sites (N-methyl/N-ethyl adjacent to an activating group) is 2. The van der Waals surface area contributed by atoms with E-state index >= 15 is 0 Å². The van der Waals surface area contributed by atoms with E-state index in [4.69, 9.17) is 9.47 Å². The summed E-state index contributed by atoms with van der Waals surface area (Å²) in [5.74, 6) is -1.84. The van der Waals surface area contributed by atoms with E-state index in [9.17, 15) is 80.5 Å². The smallest absolute Gasteiger partial charge is 0.863 e. The fourth-order valence-electron chi connectivity index (χ4n) is 6.80. The van der Waals surface area contributed by atoms with E-state index in [1.165, 1.54) is 0 Å². The molecular formula is C44H40MnN8O18. The zero-order valence-electron chi connectivity index (χ0n) is 37.8. The Kier molecular flexibility index (Phi) is 20.0. The molecule has 0 saturated carbocycles. The van der Waals surface area contributed by atoms with E-state index in [1.54, 1.807) is 9.80 Å². The summed E-state index contributed by atoms with van der Waals surface area (Å²) in [6.45, 7) is 10.2. The molecule has 0 N–H and O–H groups in total. The van der Waals surface area contributed by atoms with Gasteiger partial charge >= 0.3 is 17.1 Å². The SMILES string of the molecule is CCN(CC)C(=O)COc1ccc2ccccc2c1-c1c(OCC(=O)N(CC)CC)ccc2ccccc12.O=[N+]([O-])c1cc([N+](=O)[O-])c([O-])c([N+](=O)[O-])c1.O=[N+]([O-])c1cc([N+](=O)[O-])c([O-])c([N+](=O)[O-])c1.[Mn+2]. The second-order valence-electron chi connectivity index (χ2n) is 14.2. The number of nitrogens with zero attached hydrogens (tertiary/aromatic N) is 8. The van der Waals surface area contributed by atoms with Crippen LogP contribution in [0.3, 0.4) is 0 Å². The Morgan fingerprint density at radius 3 is 0.986 bits per heavy atom. The Hall–Kier alpha value is -9.10. The summed E-state index contributed by atoms with van der Waals surface area (Å²) in [5.41, 5.74) is -4.84. The van der Waals surface area contributed by atoms with E-state index in [2.05, 4.69) is 24.3 Å². The topological polar surface area (TPSA) is 364 Å². The number of non-ortho nitro benzene ring substituents is 2. The molecule has 26 nitrogen and oxygen atoms in total. The number of hydrogen-bond acceptors (Lipinski definition) is 18. The van der Waals surface area contributed by atoms with Gasteiger partial charge in [0.15, 0.2) is 13.2 Å². The number of nitro benzene ring substituents is 6. The van der Waals surface area contributed by atoms with Crippen molar-refractivity contribution in [1.29, 1.82) is 0 Å². The number of ether oxygens (including phenoxy) is 2. The van der Waals surface area contributed by atoms with Crippen LogP contribution in [0.15, 0.2) is 97.1 Å². The van der Waals surface area contributed by atoms with Crippen molar-refractivity contribution in [2.45, 2.75) is 27.7 Å². The van der Waals surface area contributed by atoms with Crippen LogP contribution in [0, 0.1) is 60.7 Å². The van der Waals surface area contributed by atoms with Crippen molar-refractivity contribution < 1.29 is 75.9 Å². The first-order valence-corrected chi connectivity index (χ1v) is 20.6. The number of carbonyl (C=O) groups excluding carboxylic acids is 2. The molecule has 0 aliphatic carbocycles. The van der Waals surface area contributed by atoms with Crippen LogP contribution in [0.1, 0.15) is 27.7 Å². The minimum Gasteiger partial charge on any atom is -0.863 e. The first kappa shape index (κ1) is 56.2. The molecule has 6 aromatic carbocycles. The third kappa shape index (κ3) is 13.5. The first-order chi connectivity index (χ1) is 33.2. The van der Waals surface area contributed by atoms with Crippen LogP contribution in [0.25, 0.3) is 32.7 Å². The Balaban J connectivity index is 0.000000333. The normalized spacial score (nSPS) is 10.3. The molecule has 0 saturated heterocycles. The molecule has 0 aromatic heterocycles. The van der Waals surface area contributed by atoms with Gasteiger partial charge in [-0.15, -0.1) is 0 Å². The number of carbonyl (C=O) groups is 2. The largest absolute Gasteiger partial charge is 2.00 e. The van der Waals surface area contributed by atoms with Crippen LogP contribution in [-0.2, 0) is 26.7 Å². The quantitative estimate of drug-likeness (QED) is 0.0498. The van der Waals surface area contributed by atoms with Crippen molar-refractivity contribution in [2.24, 2.45) is 0 Å². The molecule has 2 amide bonds. The summed E-state index contributed by atoms with van der Waals surface area (Å²) in [5, 5.41) is 88.3. The molecule has 1 radical (unpaired) electrons. The molecule has 0 bridgehead atoms. The van der Waals surface area contributed by atoms with Gasteiger partial charge in [0.25, 0.3) is 45.9 Å². The van der Waals surface area contributed by atoms with Crippen molar-refractivity contribution >= 4 is 67.5 Å². The van der Waals surface area contributed by atoms with Crippen molar-refractivity contribution in [3.8, 4) is 34.1 Å². The summed E-state index contributed by atoms with van der Waals surface area (Å²) in [6, 6.07) is 25.6. The number of benzene rings is 6. The average molecular weight is 1020 g/mol. The predicted molar refractivity (Wildman–Crippen MR) is 245 cm³/mol. The van der Waals surface area contributed by atoms with Crippen LogP contribution >= 0.6 is 0 Å². The van der Waals surface area contributed by atoms with Crippen molar-refractivity contribution in [1.82, 2.24) is 9.80 Å². The molecule has 0 fully saturated rings. The Bertz CT molecular complexity index is 2750. The zero-order chi connectivity index (χ0) is 52.0. The van der Waals surface area contributed by atoms with E-state index in [-0.39, 0.29) is 42.1 Å². The third-order valence-corrected chi connectivity index (χ3v) is 10.2. The minimum absolute atomic E-state index is 0. The van der Waals surface area contributed by atoms with Crippen LogP contribution in [0.4, 0.5) is 34.1 Å². The second-order valence-corrected chi connectivity index (χ2v) is 14.2. The van der Waals surface area contributed by atoms with Crippen LogP contribution in [0.2, 0.25) is 0 Å². The van der Waals surface area contributed by atoms with E-state index in [1.807, 2.05) is 76.2 Å². The van der Waals surface area contributed by atoms with Crippen molar-refractivity contribution in [3.05, 3.63) is 158 Å². The molecule has 0 unspecified atom stereocenters. The molecule has 0 spiro atoms. The maximum atomic E-state index is 12.8. The molecule has 71 heavy (non-hydrogen) atoms. The average Bonchev–Trinajstić information content (AvgIpc) is 3.33. The number of hydrogen-bond donors (Lipinski definition) is 0. The fraction of sp³-hybridized carbons (Fsp3) is 0.227. The summed E-state index contributed by atoms with van der Waals surface area (Å²) < 4.78 is 12.5. The summed E-state index contributed by atoms with van der Waals surface area (Å²) >= 11 is 0. The minimum atomic E-state index is -1.46. The van der Waals surface area contributed by atoms with E-state index in [0.29, 0.717) is 61.9 Å². The number of amides is 2. The second kappa shape index (κ2) is 25.3. The molecule has 0 heterocycles. The van der Waals surface area contributed by atoms with E-state index in [0.717, 1.165) is 32.7 Å². The van der Waals surface area contributed by atoms with E-state index < -0.39 is 75.2 Å². The monoisotopic (exact) mass is 1020 g/mol. The zero-order valence-corrected chi connectivity index (χ0v) is 39.0. The molecule has 6 aromatic rings. The predicted octanol–water partition coefficient (Wildman–Crippen LogP) is 7.12. The molecular weight excluding hydrogens is 983 g/mol. The Morgan fingerprint density at radius 1 is 0.451 bits per heavy atom. The van der Waals surface area contributed by atoms with Crippen LogP contribution in [-0.4, -0.2) is 90.5 Å². The summed E-state index contributed by atoms with van der Waals surface area (Å²) in [7, 11) is 0. The van der Waals surface area contributed by atoms with Gasteiger partial charge in [0.2, 0.25) is 0 Å². The van der Waals surface area contributed by atoms with Crippen LogP contribution in [0.5, 0.6) is 23.0 Å².